The Hall–Kier alpha value is -1.75. The van der Waals surface area contributed by atoms with Crippen molar-refractivity contribution in [2.24, 2.45) is 5.41 Å². The van der Waals surface area contributed by atoms with E-state index < -0.39 is 5.41 Å². The molecule has 0 bridgehead atoms. The third kappa shape index (κ3) is 5.63. The standard InChI is InChI=1S/C20H28N2O2S/c1-4-20(10-9-18(13-20)22-16(3)23)19(24)21-11-12-25-14-17-7-5-15(2)6-8-17/h5-9H,4,10-14H2,1-3H3,(H,21,24)(H,22,23). The van der Waals surface area contributed by atoms with Crippen molar-refractivity contribution in [1.82, 2.24) is 10.6 Å². The molecule has 5 heteroatoms. The van der Waals surface area contributed by atoms with Gasteiger partial charge in [-0.05, 0) is 25.3 Å². The van der Waals surface area contributed by atoms with Crippen LogP contribution in [0.5, 0.6) is 0 Å². The fourth-order valence-corrected chi connectivity index (χ4v) is 3.87. The van der Waals surface area contributed by atoms with Crippen LogP contribution in [0.25, 0.3) is 0 Å². The van der Waals surface area contributed by atoms with Crippen molar-refractivity contribution in [3.8, 4) is 0 Å². The molecule has 1 aromatic carbocycles. The first kappa shape index (κ1) is 19.6. The van der Waals surface area contributed by atoms with Gasteiger partial charge in [0.1, 0.15) is 0 Å². The number of allylic oxidation sites excluding steroid dienone is 2. The molecule has 0 radical (unpaired) electrons. The molecular formula is C20H28N2O2S. The van der Waals surface area contributed by atoms with Crippen LogP contribution in [0, 0.1) is 12.3 Å². The molecule has 0 aromatic heterocycles. The quantitative estimate of drug-likeness (QED) is 0.697. The van der Waals surface area contributed by atoms with Crippen LogP contribution >= 0.6 is 11.8 Å². The first-order valence-electron chi connectivity index (χ1n) is 8.83. The Labute approximate surface area is 154 Å². The highest BCUT2D eigenvalue weighted by atomic mass is 32.2. The SMILES string of the molecule is CCC1(C(=O)NCCSCc2ccc(C)cc2)CC=C(NC(C)=O)C1. The van der Waals surface area contributed by atoms with E-state index in [1.54, 1.807) is 0 Å². The molecule has 25 heavy (non-hydrogen) atoms. The number of aryl methyl sites for hydroxylation is 1. The summed E-state index contributed by atoms with van der Waals surface area (Å²) >= 11 is 1.83. The Morgan fingerprint density at radius 3 is 2.60 bits per heavy atom. The van der Waals surface area contributed by atoms with Gasteiger partial charge in [0.15, 0.2) is 0 Å². The fourth-order valence-electron chi connectivity index (χ4n) is 3.05. The van der Waals surface area contributed by atoms with Gasteiger partial charge in [-0.15, -0.1) is 0 Å². The van der Waals surface area contributed by atoms with E-state index in [2.05, 4.69) is 41.8 Å². The maximum atomic E-state index is 12.6. The number of carbonyl (C=O) groups excluding carboxylic acids is 2. The van der Waals surface area contributed by atoms with Gasteiger partial charge in [-0.2, -0.15) is 11.8 Å². The zero-order valence-corrected chi connectivity index (χ0v) is 16.2. The van der Waals surface area contributed by atoms with Gasteiger partial charge >= 0.3 is 0 Å². The highest BCUT2D eigenvalue weighted by Crippen LogP contribution is 2.39. The van der Waals surface area contributed by atoms with Crippen molar-refractivity contribution in [1.29, 1.82) is 0 Å². The van der Waals surface area contributed by atoms with Crippen LogP contribution in [-0.4, -0.2) is 24.1 Å². The number of hydrogen-bond donors (Lipinski definition) is 2. The largest absolute Gasteiger partial charge is 0.355 e. The summed E-state index contributed by atoms with van der Waals surface area (Å²) in [5.41, 5.74) is 3.05. The molecule has 1 aliphatic rings. The maximum absolute atomic E-state index is 12.6. The molecule has 0 saturated carbocycles. The lowest BCUT2D eigenvalue weighted by Crippen LogP contribution is -2.40. The molecule has 2 N–H and O–H groups in total. The second-order valence-electron chi connectivity index (χ2n) is 6.72. The molecule has 4 nitrogen and oxygen atoms in total. The number of benzene rings is 1. The summed E-state index contributed by atoms with van der Waals surface area (Å²) in [6.07, 6.45) is 4.07. The summed E-state index contributed by atoms with van der Waals surface area (Å²) in [4.78, 5) is 23.8. The normalized spacial score (nSPS) is 19.4. The number of amides is 2. The summed E-state index contributed by atoms with van der Waals surface area (Å²) in [7, 11) is 0. The molecule has 1 aromatic rings. The third-order valence-electron chi connectivity index (χ3n) is 4.68. The second kappa shape index (κ2) is 9.09. The Kier molecular flexibility index (Phi) is 7.12. The second-order valence-corrected chi connectivity index (χ2v) is 7.82. The number of hydrogen-bond acceptors (Lipinski definition) is 3. The van der Waals surface area contributed by atoms with Crippen molar-refractivity contribution in [3.05, 3.63) is 47.2 Å². The summed E-state index contributed by atoms with van der Waals surface area (Å²) in [6, 6.07) is 8.56. The van der Waals surface area contributed by atoms with Crippen LogP contribution in [0.3, 0.4) is 0 Å². The average Bonchev–Trinajstić information content (AvgIpc) is 3.00. The van der Waals surface area contributed by atoms with Crippen LogP contribution in [-0.2, 0) is 15.3 Å². The van der Waals surface area contributed by atoms with Crippen molar-refractivity contribution >= 4 is 23.6 Å². The van der Waals surface area contributed by atoms with Crippen molar-refractivity contribution in [3.63, 3.8) is 0 Å². The minimum absolute atomic E-state index is 0.0777. The van der Waals surface area contributed by atoms with Crippen LogP contribution in [0.1, 0.15) is 44.2 Å². The van der Waals surface area contributed by atoms with Gasteiger partial charge in [0, 0.05) is 37.1 Å². The highest BCUT2D eigenvalue weighted by molar-refractivity contribution is 7.98. The van der Waals surface area contributed by atoms with Gasteiger partial charge in [-0.3, -0.25) is 9.59 Å². The molecule has 136 valence electrons. The van der Waals surface area contributed by atoms with E-state index in [1.807, 2.05) is 24.8 Å². The molecule has 0 saturated heterocycles. The van der Waals surface area contributed by atoms with Crippen LogP contribution in [0.2, 0.25) is 0 Å². The third-order valence-corrected chi connectivity index (χ3v) is 5.71. The van der Waals surface area contributed by atoms with E-state index in [0.29, 0.717) is 19.4 Å². The first-order chi connectivity index (χ1) is 11.9. The number of nitrogens with one attached hydrogen (secondary N) is 2. The van der Waals surface area contributed by atoms with Crippen molar-refractivity contribution in [2.45, 2.75) is 45.8 Å². The minimum atomic E-state index is -0.403. The van der Waals surface area contributed by atoms with E-state index in [9.17, 15) is 9.59 Å². The van der Waals surface area contributed by atoms with Gasteiger partial charge in [0.2, 0.25) is 11.8 Å². The molecule has 2 rings (SSSR count). The molecule has 1 aliphatic carbocycles. The smallest absolute Gasteiger partial charge is 0.226 e. The summed E-state index contributed by atoms with van der Waals surface area (Å²) < 4.78 is 0. The summed E-state index contributed by atoms with van der Waals surface area (Å²) in [5, 5.41) is 5.90. The Balaban J connectivity index is 1.72. The zero-order valence-electron chi connectivity index (χ0n) is 15.4. The molecule has 1 atom stereocenters. The monoisotopic (exact) mass is 360 g/mol. The predicted molar refractivity (Wildman–Crippen MR) is 104 cm³/mol. The van der Waals surface area contributed by atoms with E-state index in [4.69, 9.17) is 0 Å². The van der Waals surface area contributed by atoms with Crippen LogP contribution in [0.15, 0.2) is 36.0 Å². The van der Waals surface area contributed by atoms with Gasteiger partial charge in [0.25, 0.3) is 0 Å². The van der Waals surface area contributed by atoms with Gasteiger partial charge in [-0.1, -0.05) is 42.8 Å². The fraction of sp³-hybridized carbons (Fsp3) is 0.500. The predicted octanol–water partition coefficient (Wildman–Crippen LogP) is 3.55. The van der Waals surface area contributed by atoms with Crippen LogP contribution < -0.4 is 10.6 Å². The minimum Gasteiger partial charge on any atom is -0.355 e. The lowest BCUT2D eigenvalue weighted by Gasteiger charge is -2.26. The highest BCUT2D eigenvalue weighted by Gasteiger charge is 2.40. The average molecular weight is 361 g/mol. The first-order valence-corrected chi connectivity index (χ1v) is 9.99. The van der Waals surface area contributed by atoms with Gasteiger partial charge < -0.3 is 10.6 Å². The van der Waals surface area contributed by atoms with E-state index >= 15 is 0 Å². The molecule has 2 amide bonds. The number of rotatable bonds is 8. The number of carbonyl (C=O) groups is 2. The molecule has 1 unspecified atom stereocenters. The molecular weight excluding hydrogens is 332 g/mol. The van der Waals surface area contributed by atoms with Gasteiger partial charge in [-0.25, -0.2) is 0 Å². The Morgan fingerprint density at radius 2 is 1.96 bits per heavy atom. The van der Waals surface area contributed by atoms with Crippen molar-refractivity contribution < 1.29 is 9.59 Å². The van der Waals surface area contributed by atoms with Crippen molar-refractivity contribution in [2.75, 3.05) is 12.3 Å². The molecule has 0 heterocycles. The maximum Gasteiger partial charge on any atom is 0.226 e. The topological polar surface area (TPSA) is 58.2 Å². The lowest BCUT2D eigenvalue weighted by molar-refractivity contribution is -0.130. The number of thioether (sulfide) groups is 1. The van der Waals surface area contributed by atoms with E-state index in [-0.39, 0.29) is 11.8 Å². The summed E-state index contributed by atoms with van der Waals surface area (Å²) in [5.74, 6) is 1.88. The molecule has 0 aliphatic heterocycles. The van der Waals surface area contributed by atoms with E-state index in [0.717, 1.165) is 23.6 Å². The summed E-state index contributed by atoms with van der Waals surface area (Å²) in [6.45, 7) is 6.30. The molecule has 0 spiro atoms. The Morgan fingerprint density at radius 1 is 1.24 bits per heavy atom. The van der Waals surface area contributed by atoms with Gasteiger partial charge in [0.05, 0.1) is 5.41 Å². The van der Waals surface area contributed by atoms with Crippen LogP contribution in [0.4, 0.5) is 0 Å². The Bertz CT molecular complexity index is 640. The lowest BCUT2D eigenvalue weighted by atomic mass is 9.81. The van der Waals surface area contributed by atoms with E-state index in [1.165, 1.54) is 18.1 Å². The molecule has 0 fully saturated rings. The zero-order chi connectivity index (χ0) is 18.3.